The van der Waals surface area contributed by atoms with Crippen LogP contribution in [0, 0.1) is 0 Å². The fourth-order valence-corrected chi connectivity index (χ4v) is 2.77. The lowest BCUT2D eigenvalue weighted by Crippen LogP contribution is -2.20. The van der Waals surface area contributed by atoms with Crippen molar-refractivity contribution in [3.8, 4) is 5.75 Å². The maximum absolute atomic E-state index is 12.3. The molecule has 1 amide bonds. The van der Waals surface area contributed by atoms with Gasteiger partial charge in [0.15, 0.2) is 0 Å². The van der Waals surface area contributed by atoms with Gasteiger partial charge in [-0.25, -0.2) is 5.43 Å². The quantitative estimate of drug-likeness (QED) is 0.547. The summed E-state index contributed by atoms with van der Waals surface area (Å²) in [6.45, 7) is 2.13. The average Bonchev–Trinajstić information content (AvgIpc) is 2.62. The number of unbranched alkanes of at least 4 members (excludes halogenated alkanes) is 1. The molecule has 0 aliphatic heterocycles. The van der Waals surface area contributed by atoms with Gasteiger partial charge in [0.2, 0.25) is 0 Å². The average molecular weight is 389 g/mol. The van der Waals surface area contributed by atoms with Gasteiger partial charge in [-0.05, 0) is 52.5 Å². The first-order valence-electron chi connectivity index (χ1n) is 7.91. The maximum Gasteiger partial charge on any atom is 0.271 e. The van der Waals surface area contributed by atoms with E-state index in [1.165, 1.54) is 0 Å². The zero-order chi connectivity index (χ0) is 17.4. The normalized spacial score (nSPS) is 11.2. The van der Waals surface area contributed by atoms with Gasteiger partial charge in [0.1, 0.15) is 5.75 Å². The molecule has 0 fully saturated rings. The molecule has 2 aromatic rings. The van der Waals surface area contributed by atoms with Crippen LogP contribution in [0.1, 0.15) is 42.1 Å². The summed E-state index contributed by atoms with van der Waals surface area (Å²) in [6.07, 6.45) is 2.93. The number of hydrazone groups is 1. The second-order valence-corrected chi connectivity index (χ2v) is 6.17. The Bertz CT molecular complexity index is 715. The van der Waals surface area contributed by atoms with Crippen molar-refractivity contribution in [2.45, 2.75) is 26.2 Å². The van der Waals surface area contributed by atoms with Crippen LogP contribution in [0.3, 0.4) is 0 Å². The number of halogens is 1. The highest BCUT2D eigenvalue weighted by Gasteiger charge is 2.09. The van der Waals surface area contributed by atoms with Crippen LogP contribution in [0.25, 0.3) is 0 Å². The van der Waals surface area contributed by atoms with Crippen LogP contribution in [0.15, 0.2) is 58.1 Å². The number of nitrogens with zero attached hydrogens (tertiary/aromatic N) is 1. The zero-order valence-electron chi connectivity index (χ0n) is 13.9. The molecular formula is C19H21BrN2O2. The fraction of sp³-hybridized carbons (Fsp3) is 0.263. The molecule has 0 aromatic heterocycles. The van der Waals surface area contributed by atoms with E-state index in [4.69, 9.17) is 4.74 Å². The number of rotatable bonds is 7. The van der Waals surface area contributed by atoms with Crippen molar-refractivity contribution in [1.29, 1.82) is 0 Å². The molecule has 0 aliphatic carbocycles. The lowest BCUT2D eigenvalue weighted by atomic mass is 10.1. The Balaban J connectivity index is 2.15. The highest BCUT2D eigenvalue weighted by Crippen LogP contribution is 2.25. The summed E-state index contributed by atoms with van der Waals surface area (Å²) < 4.78 is 5.91. The summed E-state index contributed by atoms with van der Waals surface area (Å²) in [5.41, 5.74) is 5.10. The number of nitrogens with one attached hydrogen (secondary N) is 1. The number of carbonyl (C=O) groups is 1. The fourth-order valence-electron chi connectivity index (χ4n) is 2.23. The molecule has 2 rings (SSSR count). The summed E-state index contributed by atoms with van der Waals surface area (Å²) in [5.74, 6) is 0.436. The zero-order valence-corrected chi connectivity index (χ0v) is 15.5. The van der Waals surface area contributed by atoms with Gasteiger partial charge in [0.05, 0.1) is 17.3 Å². The van der Waals surface area contributed by atoms with Gasteiger partial charge in [-0.15, -0.1) is 0 Å². The summed E-state index contributed by atoms with van der Waals surface area (Å²) >= 11 is 3.39. The highest BCUT2D eigenvalue weighted by molar-refractivity contribution is 9.10. The van der Waals surface area contributed by atoms with Crippen molar-refractivity contribution in [3.63, 3.8) is 0 Å². The minimum absolute atomic E-state index is 0.247. The molecule has 0 atom stereocenters. The Morgan fingerprint density at radius 3 is 2.54 bits per heavy atom. The van der Waals surface area contributed by atoms with Crippen LogP contribution in [0.2, 0.25) is 0 Å². The van der Waals surface area contributed by atoms with Crippen molar-refractivity contribution in [3.05, 3.63) is 64.1 Å². The number of hydrogen-bond donors (Lipinski definition) is 1. The van der Waals surface area contributed by atoms with Crippen LogP contribution in [-0.2, 0) is 0 Å². The molecule has 5 heteroatoms. The third-order valence-electron chi connectivity index (χ3n) is 3.58. The number of amides is 1. The van der Waals surface area contributed by atoms with Crippen LogP contribution >= 0.6 is 15.9 Å². The van der Waals surface area contributed by atoms with Crippen molar-refractivity contribution in [2.24, 2.45) is 5.10 Å². The molecule has 0 heterocycles. The van der Waals surface area contributed by atoms with Gasteiger partial charge in [-0.2, -0.15) is 5.10 Å². The lowest BCUT2D eigenvalue weighted by Gasteiger charge is -2.08. The molecule has 0 saturated heterocycles. The monoisotopic (exact) mass is 388 g/mol. The van der Waals surface area contributed by atoms with Gasteiger partial charge < -0.3 is 4.74 Å². The number of hydrogen-bond acceptors (Lipinski definition) is 3. The van der Waals surface area contributed by atoms with E-state index in [9.17, 15) is 4.79 Å². The molecule has 0 saturated carbocycles. The van der Waals surface area contributed by atoms with Gasteiger partial charge in [0, 0.05) is 5.56 Å². The molecule has 0 unspecified atom stereocenters. The summed E-state index contributed by atoms with van der Waals surface area (Å²) in [4.78, 5) is 12.3. The largest absolute Gasteiger partial charge is 0.496 e. The van der Waals surface area contributed by atoms with Gasteiger partial charge in [-0.1, -0.05) is 43.7 Å². The Hall–Kier alpha value is -2.14. The van der Waals surface area contributed by atoms with Gasteiger partial charge >= 0.3 is 0 Å². The molecule has 126 valence electrons. The van der Waals surface area contributed by atoms with Crippen LogP contribution < -0.4 is 10.2 Å². The molecular weight excluding hydrogens is 368 g/mol. The third-order valence-corrected chi connectivity index (χ3v) is 4.20. The van der Waals surface area contributed by atoms with E-state index >= 15 is 0 Å². The standard InChI is InChI=1S/C19H21BrN2O2/c1-3-4-10-17(14-8-6-5-7-9-14)21-22-19(23)15-11-12-18(24-2)16(20)13-15/h5-9,11-13H,3-4,10H2,1-2H3,(H,22,23)/b21-17+. The minimum Gasteiger partial charge on any atom is -0.496 e. The topological polar surface area (TPSA) is 50.7 Å². The summed E-state index contributed by atoms with van der Waals surface area (Å²) in [6, 6.07) is 15.1. The molecule has 0 spiro atoms. The van der Waals surface area contributed by atoms with E-state index in [-0.39, 0.29) is 5.91 Å². The summed E-state index contributed by atoms with van der Waals surface area (Å²) in [5, 5.41) is 4.35. The second kappa shape index (κ2) is 9.23. The van der Waals surface area contributed by atoms with E-state index in [0.717, 1.165) is 35.0 Å². The SMILES string of the molecule is CCCC/C(=N\NC(=O)c1ccc(OC)c(Br)c1)c1ccccc1. The van der Waals surface area contributed by atoms with Crippen LogP contribution in [-0.4, -0.2) is 18.7 Å². The lowest BCUT2D eigenvalue weighted by molar-refractivity contribution is 0.0954. The smallest absolute Gasteiger partial charge is 0.271 e. The summed E-state index contributed by atoms with van der Waals surface area (Å²) in [7, 11) is 1.59. The molecule has 0 bridgehead atoms. The Morgan fingerprint density at radius 2 is 1.92 bits per heavy atom. The molecule has 4 nitrogen and oxygen atoms in total. The van der Waals surface area contributed by atoms with Crippen molar-refractivity contribution >= 4 is 27.5 Å². The van der Waals surface area contributed by atoms with Gasteiger partial charge in [0.25, 0.3) is 5.91 Å². The van der Waals surface area contributed by atoms with Crippen molar-refractivity contribution < 1.29 is 9.53 Å². The van der Waals surface area contributed by atoms with Crippen LogP contribution in [0.5, 0.6) is 5.75 Å². The number of ether oxygens (including phenoxy) is 1. The minimum atomic E-state index is -0.247. The molecule has 0 radical (unpaired) electrons. The second-order valence-electron chi connectivity index (χ2n) is 5.32. The van der Waals surface area contributed by atoms with Gasteiger partial charge in [-0.3, -0.25) is 4.79 Å². The van der Waals surface area contributed by atoms with E-state index in [1.807, 2.05) is 30.3 Å². The Morgan fingerprint density at radius 1 is 1.17 bits per heavy atom. The first-order valence-corrected chi connectivity index (χ1v) is 8.71. The predicted molar refractivity (Wildman–Crippen MR) is 101 cm³/mol. The molecule has 1 N–H and O–H groups in total. The van der Waals surface area contributed by atoms with E-state index in [2.05, 4.69) is 33.4 Å². The number of benzene rings is 2. The Labute approximate surface area is 151 Å². The van der Waals surface area contributed by atoms with E-state index in [0.29, 0.717) is 11.3 Å². The molecule has 0 aliphatic rings. The van der Waals surface area contributed by atoms with Crippen LogP contribution in [0.4, 0.5) is 0 Å². The van der Waals surface area contributed by atoms with Crippen molar-refractivity contribution in [2.75, 3.05) is 7.11 Å². The number of methoxy groups -OCH3 is 1. The first kappa shape index (κ1) is 18.2. The van der Waals surface area contributed by atoms with E-state index < -0.39 is 0 Å². The number of carbonyl (C=O) groups excluding carboxylic acids is 1. The highest BCUT2D eigenvalue weighted by atomic mass is 79.9. The maximum atomic E-state index is 12.3. The first-order chi connectivity index (χ1) is 11.7. The predicted octanol–water partition coefficient (Wildman–Crippen LogP) is 4.78. The molecule has 2 aromatic carbocycles. The van der Waals surface area contributed by atoms with Crippen molar-refractivity contribution in [1.82, 2.24) is 5.43 Å². The van der Waals surface area contributed by atoms with E-state index in [1.54, 1.807) is 25.3 Å². The Kier molecular flexibility index (Phi) is 7.00. The third kappa shape index (κ3) is 4.93. The molecule has 24 heavy (non-hydrogen) atoms.